The summed E-state index contributed by atoms with van der Waals surface area (Å²) >= 11 is 0. The lowest BCUT2D eigenvalue weighted by molar-refractivity contribution is -0.155. The molecule has 0 spiro atoms. The Hall–Kier alpha value is -1.19. The molecule has 6 atom stereocenters. The predicted octanol–water partition coefficient (Wildman–Crippen LogP) is 4.15. The molecule has 2 saturated carbocycles. The average molecular weight is 334 g/mol. The summed E-state index contributed by atoms with van der Waals surface area (Å²) in [5.74, 6) is 1.19. The summed E-state index contributed by atoms with van der Waals surface area (Å²) in [5.41, 5.74) is 2.59. The Morgan fingerprint density at radius 3 is 2.79 bits per heavy atom. The van der Waals surface area contributed by atoms with Crippen molar-refractivity contribution in [3.05, 3.63) is 11.1 Å². The summed E-state index contributed by atoms with van der Waals surface area (Å²) in [5, 5.41) is 0. The largest absolute Gasteiger partial charge is 0.462 e. The maximum absolute atomic E-state index is 14.0. The van der Waals surface area contributed by atoms with Gasteiger partial charge in [-0.05, 0) is 56.3 Å². The highest BCUT2D eigenvalue weighted by molar-refractivity contribution is 5.87. The van der Waals surface area contributed by atoms with E-state index in [4.69, 9.17) is 4.74 Å². The number of halogens is 1. The van der Waals surface area contributed by atoms with Crippen LogP contribution in [0.5, 0.6) is 0 Å². The van der Waals surface area contributed by atoms with Gasteiger partial charge in [0.15, 0.2) is 12.0 Å². The molecule has 4 rings (SSSR count). The average Bonchev–Trinajstić information content (AvgIpc) is 2.85. The molecule has 4 heteroatoms. The molecule has 132 valence electrons. The Balaban J connectivity index is 1.59. The number of rotatable bonds is 1. The van der Waals surface area contributed by atoms with Gasteiger partial charge >= 0.3 is 5.97 Å². The quantitative estimate of drug-likeness (QED) is 0.534. The third-order valence-corrected chi connectivity index (χ3v) is 7.48. The molecule has 0 aliphatic heterocycles. The molecule has 24 heavy (non-hydrogen) atoms. The van der Waals surface area contributed by atoms with E-state index in [2.05, 4.69) is 6.92 Å². The van der Waals surface area contributed by atoms with E-state index in [9.17, 15) is 14.0 Å². The number of Topliss-reactive ketones (excluding diaryl/α,β-unsaturated/α-hetero) is 1. The maximum atomic E-state index is 14.0. The summed E-state index contributed by atoms with van der Waals surface area (Å²) in [6.07, 6.45) is 5.67. The Labute approximate surface area is 143 Å². The summed E-state index contributed by atoms with van der Waals surface area (Å²) in [6.45, 7) is 3.79. The molecule has 3 nitrogen and oxygen atoms in total. The topological polar surface area (TPSA) is 43.4 Å². The van der Waals surface area contributed by atoms with Crippen LogP contribution in [0.1, 0.15) is 65.2 Å². The molecule has 0 aromatic carbocycles. The van der Waals surface area contributed by atoms with Crippen LogP contribution in [0, 0.1) is 23.2 Å². The smallest absolute Gasteiger partial charge is 0.302 e. The number of esters is 1. The van der Waals surface area contributed by atoms with Gasteiger partial charge in [0.1, 0.15) is 6.10 Å². The summed E-state index contributed by atoms with van der Waals surface area (Å²) in [4.78, 5) is 23.2. The number of hydrogen-bond acceptors (Lipinski definition) is 3. The zero-order valence-electron chi connectivity index (χ0n) is 14.6. The molecule has 0 aromatic rings. The molecule has 0 aromatic heterocycles. The second-order valence-electron chi connectivity index (χ2n) is 8.58. The van der Waals surface area contributed by atoms with Crippen LogP contribution in [-0.2, 0) is 14.3 Å². The first-order chi connectivity index (χ1) is 11.4. The molecule has 0 radical (unpaired) electrons. The number of fused-ring (bicyclic) bond motifs is 4. The van der Waals surface area contributed by atoms with Crippen LogP contribution in [0.4, 0.5) is 4.39 Å². The van der Waals surface area contributed by atoms with Crippen molar-refractivity contribution in [1.29, 1.82) is 0 Å². The number of hydrogen-bond donors (Lipinski definition) is 0. The van der Waals surface area contributed by atoms with Crippen molar-refractivity contribution >= 4 is 11.8 Å². The Morgan fingerprint density at radius 2 is 2.04 bits per heavy atom. The molecule has 4 aliphatic rings. The van der Waals surface area contributed by atoms with Crippen LogP contribution in [-0.4, -0.2) is 24.0 Å². The van der Waals surface area contributed by atoms with Crippen molar-refractivity contribution in [2.75, 3.05) is 0 Å². The number of alkyl halides is 1. The zero-order chi connectivity index (χ0) is 17.1. The summed E-state index contributed by atoms with van der Waals surface area (Å²) in [6, 6.07) is 0. The predicted molar refractivity (Wildman–Crippen MR) is 88.0 cm³/mol. The minimum Gasteiger partial charge on any atom is -0.462 e. The van der Waals surface area contributed by atoms with Gasteiger partial charge in [-0.1, -0.05) is 18.1 Å². The molecule has 0 amide bonds. The molecule has 0 saturated heterocycles. The summed E-state index contributed by atoms with van der Waals surface area (Å²) < 4.78 is 19.7. The van der Waals surface area contributed by atoms with Gasteiger partial charge < -0.3 is 4.74 Å². The van der Waals surface area contributed by atoms with Crippen molar-refractivity contribution in [1.82, 2.24) is 0 Å². The van der Waals surface area contributed by atoms with Crippen LogP contribution < -0.4 is 0 Å². The normalized spacial score (nSPS) is 44.6. The van der Waals surface area contributed by atoms with Gasteiger partial charge in [0.25, 0.3) is 0 Å². The van der Waals surface area contributed by atoms with E-state index in [1.807, 2.05) is 0 Å². The monoisotopic (exact) mass is 334 g/mol. The lowest BCUT2D eigenvalue weighted by atomic mass is 9.54. The summed E-state index contributed by atoms with van der Waals surface area (Å²) in [7, 11) is 0. The van der Waals surface area contributed by atoms with Gasteiger partial charge in [-0.2, -0.15) is 0 Å². The standard InChI is InChI=1S/C20H27FO3/c1-11(22)24-19-6-5-16-14-4-3-12-9-18(23)17(21)10-15(12)13(14)7-8-20(16,19)2/h13-14,16-17,19H,3-10H2,1-2H3/t13-,14+,16-,17?,19-,20-/m0/s1. The van der Waals surface area contributed by atoms with E-state index in [1.165, 1.54) is 18.1 Å². The van der Waals surface area contributed by atoms with Gasteiger partial charge in [0, 0.05) is 25.2 Å². The highest BCUT2D eigenvalue weighted by Crippen LogP contribution is 2.61. The molecule has 4 aliphatic carbocycles. The van der Waals surface area contributed by atoms with E-state index in [-0.39, 0.29) is 23.3 Å². The Kier molecular flexibility index (Phi) is 3.85. The molecule has 0 heterocycles. The van der Waals surface area contributed by atoms with Gasteiger partial charge in [-0.15, -0.1) is 0 Å². The first kappa shape index (κ1) is 16.3. The minimum absolute atomic E-state index is 0.0400. The zero-order valence-corrected chi connectivity index (χ0v) is 14.6. The van der Waals surface area contributed by atoms with E-state index >= 15 is 0 Å². The molecule has 2 fully saturated rings. The van der Waals surface area contributed by atoms with E-state index in [0.717, 1.165) is 38.5 Å². The second-order valence-corrected chi connectivity index (χ2v) is 8.58. The lowest BCUT2D eigenvalue weighted by Crippen LogP contribution is -2.46. The highest BCUT2D eigenvalue weighted by Gasteiger charge is 2.56. The van der Waals surface area contributed by atoms with Gasteiger partial charge in [0.05, 0.1) is 0 Å². The van der Waals surface area contributed by atoms with Gasteiger partial charge in [-0.3, -0.25) is 9.59 Å². The SMILES string of the molecule is CC(=O)O[C@H]1CC[C@H]2[C@@H]3CCC4=C(CC(F)C(=O)C4)[C@H]3CC[C@]12C. The first-order valence-corrected chi connectivity index (χ1v) is 9.45. The number of allylic oxidation sites excluding steroid dienone is 2. The second kappa shape index (κ2) is 5.67. The number of ether oxygens (including phenoxy) is 1. The van der Waals surface area contributed by atoms with E-state index in [1.54, 1.807) is 0 Å². The number of carbonyl (C=O) groups excluding carboxylic acids is 2. The maximum Gasteiger partial charge on any atom is 0.302 e. The lowest BCUT2D eigenvalue weighted by Gasteiger charge is -2.51. The van der Waals surface area contributed by atoms with Crippen LogP contribution in [0.2, 0.25) is 0 Å². The van der Waals surface area contributed by atoms with E-state index in [0.29, 0.717) is 30.6 Å². The van der Waals surface area contributed by atoms with Crippen LogP contribution in [0.3, 0.4) is 0 Å². The molecular weight excluding hydrogens is 307 g/mol. The fraction of sp³-hybridized carbons (Fsp3) is 0.800. The van der Waals surface area contributed by atoms with Crippen molar-refractivity contribution in [2.24, 2.45) is 23.2 Å². The number of ketones is 1. The fourth-order valence-corrected chi connectivity index (χ4v) is 6.36. The fourth-order valence-electron chi connectivity index (χ4n) is 6.36. The molecule has 0 bridgehead atoms. The van der Waals surface area contributed by atoms with Gasteiger partial charge in [-0.25, -0.2) is 4.39 Å². The third kappa shape index (κ3) is 2.36. The Bertz CT molecular complexity index is 610. The Morgan fingerprint density at radius 1 is 1.25 bits per heavy atom. The van der Waals surface area contributed by atoms with E-state index < -0.39 is 6.17 Å². The molecule has 0 N–H and O–H groups in total. The first-order valence-electron chi connectivity index (χ1n) is 9.45. The van der Waals surface area contributed by atoms with Crippen molar-refractivity contribution < 1.29 is 18.7 Å². The van der Waals surface area contributed by atoms with Crippen LogP contribution >= 0.6 is 0 Å². The van der Waals surface area contributed by atoms with Crippen LogP contribution in [0.25, 0.3) is 0 Å². The molecule has 1 unspecified atom stereocenters. The van der Waals surface area contributed by atoms with Crippen molar-refractivity contribution in [2.45, 2.75) is 77.5 Å². The van der Waals surface area contributed by atoms with Crippen molar-refractivity contribution in [3.63, 3.8) is 0 Å². The third-order valence-electron chi connectivity index (χ3n) is 7.48. The highest BCUT2D eigenvalue weighted by atomic mass is 19.1. The van der Waals surface area contributed by atoms with Crippen LogP contribution in [0.15, 0.2) is 11.1 Å². The minimum atomic E-state index is -1.28. The molecular formula is C20H27FO3. The van der Waals surface area contributed by atoms with Gasteiger partial charge in [0.2, 0.25) is 0 Å². The number of carbonyl (C=O) groups is 2. The van der Waals surface area contributed by atoms with Crippen molar-refractivity contribution in [3.8, 4) is 0 Å².